The SMILES string of the molecule is C1CCC([C]23[CH]4[CH]5[CH]6[CH]2[Fe]56432789[CH]3[CH]2[CH]7[CH]8[CH]39)([C]23[CH]4[CH]5[CH]6[CH]2[Fe]56432789[CH]3[CH]2[CH]7[CH]8[CH]39)CC1. The van der Waals surface area contributed by atoms with Gasteiger partial charge in [-0.1, -0.05) is 0 Å². The zero-order valence-corrected chi connectivity index (χ0v) is 18.3. The maximum atomic E-state index is 1.90. The van der Waals surface area contributed by atoms with Crippen LogP contribution in [0.15, 0.2) is 0 Å². The average Bonchev–Trinajstić information content (AvgIpc) is 3.62. The summed E-state index contributed by atoms with van der Waals surface area (Å²) in [6, 6.07) is 0. The van der Waals surface area contributed by atoms with Crippen LogP contribution in [0.5, 0.6) is 0 Å². The zero-order chi connectivity index (χ0) is 16.1. The first-order valence-corrected chi connectivity index (χ1v) is 26.3. The van der Waals surface area contributed by atoms with Crippen molar-refractivity contribution in [2.24, 2.45) is 5.41 Å². The second-order valence-corrected chi connectivity index (χ2v) is 69.1. The quantitative estimate of drug-likeness (QED) is 0.369. The van der Waals surface area contributed by atoms with Crippen LogP contribution in [0, 0.1) is 5.41 Å². The van der Waals surface area contributed by atoms with Crippen LogP contribution in [0.1, 0.15) is 32.1 Å². The Bertz CT molecular complexity index is 1840. The Morgan fingerprint density at radius 2 is 0.714 bits per heavy atom. The fourth-order valence-corrected chi connectivity index (χ4v) is 189. The Kier molecular flexibility index (Phi) is 0.246. The summed E-state index contributed by atoms with van der Waals surface area (Å²) in [4.78, 5) is 29.1. The third-order valence-corrected chi connectivity index (χ3v) is 118. The van der Waals surface area contributed by atoms with Crippen LogP contribution in [0.25, 0.3) is 0 Å². The number of hydrogen-bond donors (Lipinski definition) is 0. The molecule has 1 aliphatic carbocycles. The molecule has 21 rings (SSSR count). The third kappa shape index (κ3) is 0.0885. The van der Waals surface area contributed by atoms with Gasteiger partial charge in [0.05, 0.1) is 0 Å². The van der Waals surface area contributed by atoms with Crippen LogP contribution < -0.4 is 0 Å². The van der Waals surface area contributed by atoms with Gasteiger partial charge in [-0.05, 0) is 0 Å². The first kappa shape index (κ1) is 9.49. The van der Waals surface area contributed by atoms with Gasteiger partial charge in [-0.3, -0.25) is 0 Å². The molecule has 0 radical (unpaired) electrons. The van der Waals surface area contributed by atoms with E-state index in [1.54, 1.807) is 106 Å². The van der Waals surface area contributed by atoms with E-state index in [2.05, 4.69) is 0 Å². The van der Waals surface area contributed by atoms with Crippen molar-refractivity contribution in [2.45, 2.75) is 127 Å². The molecule has 0 bridgehead atoms. The molecule has 0 aromatic carbocycles. The molecule has 1 saturated carbocycles. The zero-order valence-electron chi connectivity index (χ0n) is 16.1. The molecular weight excluding hydrogens is 424 g/mol. The van der Waals surface area contributed by atoms with E-state index in [0.717, 1.165) is 5.41 Å². The first-order chi connectivity index (χ1) is 13.3. The maximum absolute atomic E-state index is 2.99. The van der Waals surface area contributed by atoms with Gasteiger partial charge in [-0.25, -0.2) is 0 Å². The summed E-state index contributed by atoms with van der Waals surface area (Å²) in [7, 11) is 0. The van der Waals surface area contributed by atoms with Gasteiger partial charge in [0, 0.05) is 0 Å². The van der Waals surface area contributed by atoms with Crippen molar-refractivity contribution in [1.82, 2.24) is 0 Å². The summed E-state index contributed by atoms with van der Waals surface area (Å²) in [6.07, 6.45) is 8.97. The van der Waals surface area contributed by atoms with Crippen molar-refractivity contribution < 1.29 is 13.0 Å². The third-order valence-electron chi connectivity index (χ3n) is 32.5. The van der Waals surface area contributed by atoms with Gasteiger partial charge in [0.2, 0.25) is 0 Å². The van der Waals surface area contributed by atoms with Gasteiger partial charge in [-0.2, -0.15) is 0 Å². The molecular formula is C26H28Fe2. The first-order valence-electron chi connectivity index (χ1n) is 13.7. The van der Waals surface area contributed by atoms with Crippen molar-refractivity contribution in [2.75, 3.05) is 0 Å². The molecule has 8 unspecified atom stereocenters. The van der Waals surface area contributed by atoms with Crippen molar-refractivity contribution >= 4 is 0 Å². The summed E-state index contributed by atoms with van der Waals surface area (Å²) in [6.45, 7) is -5.98. The van der Waals surface area contributed by atoms with E-state index < -0.39 is 13.0 Å². The molecule has 21 aliphatic rings. The summed E-state index contributed by atoms with van der Waals surface area (Å²) in [5, 5.41) is 0. The Labute approximate surface area is 145 Å². The summed E-state index contributed by atoms with van der Waals surface area (Å²) in [5.74, 6) is 0. The van der Waals surface area contributed by atoms with E-state index in [1.165, 1.54) is 8.63 Å². The molecule has 20 heterocycles. The summed E-state index contributed by atoms with van der Waals surface area (Å²) >= 11 is 0. The van der Waals surface area contributed by atoms with Gasteiger partial charge < -0.3 is 0 Å². The predicted octanol–water partition coefficient (Wildman–Crippen LogP) is 8.46. The molecule has 0 aromatic heterocycles. The Hall–Kier alpha value is 1.04. The molecule has 21 fully saturated rings. The molecule has 8 atom stereocenters. The van der Waals surface area contributed by atoms with E-state index in [4.69, 9.17) is 0 Å². The second-order valence-electron chi connectivity index (χ2n) is 22.0. The van der Waals surface area contributed by atoms with Crippen LogP contribution >= 0.6 is 0 Å². The molecule has 2 heteroatoms. The van der Waals surface area contributed by atoms with Crippen LogP contribution in [0.4, 0.5) is 0 Å². The van der Waals surface area contributed by atoms with E-state index in [-0.39, 0.29) is 0 Å². The molecule has 0 amide bonds. The molecule has 2 spiro atoms. The standard InChI is InChI=1S/C16H18.2C5H5.2Fe/c1-6-12-16(13-7-1,14-8-2-3-9-14)15-10-4-5-11-15;2*1-2-4-5-3-1;;/h2-5,8-11H,1,6-7,12-13H2;2*1-5H;;. The Balaban J connectivity index is 1.15. The molecule has 0 N–H and O–H groups in total. The van der Waals surface area contributed by atoms with Crippen molar-refractivity contribution in [3.05, 3.63) is 0 Å². The van der Waals surface area contributed by atoms with E-state index in [0.29, 0.717) is 0 Å². The number of rotatable bonds is 2. The molecule has 28 heavy (non-hydrogen) atoms. The van der Waals surface area contributed by atoms with Crippen molar-refractivity contribution in [3.8, 4) is 0 Å². The van der Waals surface area contributed by atoms with E-state index >= 15 is 0 Å². The Morgan fingerprint density at radius 1 is 0.393 bits per heavy atom. The van der Waals surface area contributed by atoms with Crippen molar-refractivity contribution in [3.63, 3.8) is 0 Å². The van der Waals surface area contributed by atoms with E-state index in [1.807, 2.05) is 12.8 Å². The fraction of sp³-hybridized carbons (Fsp3) is 1.00. The molecule has 0 nitrogen and oxygen atoms in total. The van der Waals surface area contributed by atoms with Crippen LogP contribution in [0.3, 0.4) is 0 Å². The van der Waals surface area contributed by atoms with Crippen LogP contribution in [-0.4, -0.2) is 0 Å². The molecule has 148 valence electrons. The van der Waals surface area contributed by atoms with Gasteiger partial charge in [-0.15, -0.1) is 0 Å². The molecule has 20 aliphatic heterocycles. The van der Waals surface area contributed by atoms with Gasteiger partial charge >= 0.3 is 146 Å². The number of fused-ring (bicyclic) bond motifs is 20. The minimum absolute atomic E-state index is 1.15. The molecule has 20 saturated heterocycles. The minimum atomic E-state index is -2.99. The van der Waals surface area contributed by atoms with Gasteiger partial charge in [0.1, 0.15) is 0 Å². The topological polar surface area (TPSA) is 0 Å². The fourth-order valence-electron chi connectivity index (χ4n) is 37.3. The summed E-state index contributed by atoms with van der Waals surface area (Å²) in [5.41, 5.74) is 1.15. The monoisotopic (exact) mass is 452 g/mol. The summed E-state index contributed by atoms with van der Waals surface area (Å²) < 4.78 is 2.62. The van der Waals surface area contributed by atoms with Gasteiger partial charge in [0.15, 0.2) is 0 Å². The van der Waals surface area contributed by atoms with Crippen LogP contribution in [-0.2, 0) is 13.0 Å². The predicted molar refractivity (Wildman–Crippen MR) is 98.4 cm³/mol. The molecule has 0 aromatic rings. The van der Waals surface area contributed by atoms with Crippen LogP contribution in [0.2, 0.25) is 95.3 Å². The number of hydrogen-bond acceptors (Lipinski definition) is 0. The van der Waals surface area contributed by atoms with Crippen molar-refractivity contribution in [1.29, 1.82) is 0 Å². The Morgan fingerprint density at radius 3 is 0.929 bits per heavy atom. The van der Waals surface area contributed by atoms with E-state index in [9.17, 15) is 0 Å². The van der Waals surface area contributed by atoms with Gasteiger partial charge in [0.25, 0.3) is 0 Å². The second kappa shape index (κ2) is 0.726. The normalized spacial score (nSPS) is 148. The average molecular weight is 452 g/mol.